The minimum absolute atomic E-state index is 0.0204. The summed E-state index contributed by atoms with van der Waals surface area (Å²) in [5, 5.41) is 2.39. The Morgan fingerprint density at radius 2 is 1.66 bits per heavy atom. The number of rotatable bonds is 9. The summed E-state index contributed by atoms with van der Waals surface area (Å²) in [7, 11) is 0.743. The first-order valence-corrected chi connectivity index (χ1v) is 10.2. The number of hydrogen-bond acceptors (Lipinski definition) is 8. The molecule has 1 N–H and O–H groups in total. The SMILES string of the molecule is COC(=O)c1cc(OC)c(OC(F)F)cc1NC(=O)c1ccc(S(=O)(=O)N(C)OC)cc1. The standard InChI is InChI=1S/C19H20F2N2O8S/c1-23(30-4)32(26,27)12-7-5-11(6-8-12)17(24)22-14-10-16(31-19(20)21)15(28-2)9-13(14)18(25)29-3/h5-10,19H,1-4H3,(H,22,24). The third-order valence-electron chi connectivity index (χ3n) is 4.18. The van der Waals surface area contributed by atoms with Crippen LogP contribution in [0.1, 0.15) is 20.7 Å². The van der Waals surface area contributed by atoms with Crippen molar-refractivity contribution in [2.75, 3.05) is 33.7 Å². The van der Waals surface area contributed by atoms with E-state index in [4.69, 9.17) is 4.74 Å². The van der Waals surface area contributed by atoms with E-state index in [1.54, 1.807) is 0 Å². The lowest BCUT2D eigenvalue weighted by Crippen LogP contribution is -2.25. The second kappa shape index (κ2) is 10.3. The summed E-state index contributed by atoms with van der Waals surface area (Å²) >= 11 is 0. The molecule has 2 aromatic rings. The van der Waals surface area contributed by atoms with Crippen LogP contribution < -0.4 is 14.8 Å². The smallest absolute Gasteiger partial charge is 0.387 e. The minimum atomic E-state index is -3.92. The van der Waals surface area contributed by atoms with Crippen molar-refractivity contribution in [1.82, 2.24) is 4.47 Å². The van der Waals surface area contributed by atoms with Crippen molar-refractivity contribution < 1.29 is 45.8 Å². The maximum absolute atomic E-state index is 12.7. The first-order valence-electron chi connectivity index (χ1n) is 8.74. The van der Waals surface area contributed by atoms with Gasteiger partial charge in [0.2, 0.25) is 0 Å². The molecular formula is C19H20F2N2O8S. The van der Waals surface area contributed by atoms with Gasteiger partial charge in [0.1, 0.15) is 0 Å². The van der Waals surface area contributed by atoms with Gasteiger partial charge in [0.25, 0.3) is 15.9 Å². The molecule has 10 nitrogen and oxygen atoms in total. The molecule has 0 aromatic heterocycles. The van der Waals surface area contributed by atoms with Gasteiger partial charge in [-0.1, -0.05) is 4.47 Å². The van der Waals surface area contributed by atoms with Gasteiger partial charge in [-0.2, -0.15) is 8.78 Å². The van der Waals surface area contributed by atoms with Crippen LogP contribution in [0.2, 0.25) is 0 Å². The average molecular weight is 474 g/mol. The summed E-state index contributed by atoms with van der Waals surface area (Å²) in [5.41, 5.74) is -0.346. The van der Waals surface area contributed by atoms with E-state index in [-0.39, 0.29) is 27.5 Å². The van der Waals surface area contributed by atoms with Crippen LogP contribution in [0.15, 0.2) is 41.3 Å². The molecule has 0 spiro atoms. The van der Waals surface area contributed by atoms with Crippen molar-refractivity contribution >= 4 is 27.6 Å². The summed E-state index contributed by atoms with van der Waals surface area (Å²) in [6.07, 6.45) is 0. The number of nitrogens with one attached hydrogen (secondary N) is 1. The van der Waals surface area contributed by atoms with E-state index in [0.717, 1.165) is 19.2 Å². The van der Waals surface area contributed by atoms with Gasteiger partial charge in [0.15, 0.2) is 11.5 Å². The lowest BCUT2D eigenvalue weighted by atomic mass is 10.1. The number of anilines is 1. The van der Waals surface area contributed by atoms with Crippen molar-refractivity contribution in [2.24, 2.45) is 0 Å². The van der Waals surface area contributed by atoms with E-state index in [9.17, 15) is 26.8 Å². The number of carbonyl (C=O) groups excluding carboxylic acids is 2. The molecule has 0 saturated carbocycles. The minimum Gasteiger partial charge on any atom is -0.493 e. The van der Waals surface area contributed by atoms with E-state index in [1.165, 1.54) is 45.5 Å². The summed E-state index contributed by atoms with van der Waals surface area (Å²) < 4.78 is 64.5. The summed E-state index contributed by atoms with van der Waals surface area (Å²) in [6, 6.07) is 6.88. The average Bonchev–Trinajstić information content (AvgIpc) is 2.77. The number of ether oxygens (including phenoxy) is 3. The van der Waals surface area contributed by atoms with Crippen LogP contribution in [0.3, 0.4) is 0 Å². The molecule has 1 amide bonds. The molecule has 2 rings (SSSR count). The predicted molar refractivity (Wildman–Crippen MR) is 107 cm³/mol. The number of benzene rings is 2. The van der Waals surface area contributed by atoms with E-state index < -0.39 is 34.3 Å². The Bertz CT molecular complexity index is 1090. The second-order valence-corrected chi connectivity index (χ2v) is 7.93. The van der Waals surface area contributed by atoms with E-state index in [0.29, 0.717) is 4.47 Å². The second-order valence-electron chi connectivity index (χ2n) is 5.99. The maximum Gasteiger partial charge on any atom is 0.387 e. The molecule has 174 valence electrons. The predicted octanol–water partition coefficient (Wildman–Crippen LogP) is 2.52. The van der Waals surface area contributed by atoms with Crippen LogP contribution in [0.5, 0.6) is 11.5 Å². The van der Waals surface area contributed by atoms with Gasteiger partial charge in [-0.15, -0.1) is 0 Å². The normalized spacial score (nSPS) is 11.4. The maximum atomic E-state index is 12.7. The van der Waals surface area contributed by atoms with Crippen LogP contribution in [0.4, 0.5) is 14.5 Å². The molecule has 0 heterocycles. The van der Waals surface area contributed by atoms with Gasteiger partial charge < -0.3 is 19.5 Å². The van der Waals surface area contributed by atoms with E-state index in [2.05, 4.69) is 19.6 Å². The molecule has 0 unspecified atom stereocenters. The monoisotopic (exact) mass is 474 g/mol. The Labute approximate surface area is 182 Å². The zero-order chi connectivity index (χ0) is 24.1. The molecule has 0 aliphatic carbocycles. The lowest BCUT2D eigenvalue weighted by molar-refractivity contribution is -0.0511. The van der Waals surface area contributed by atoms with Crippen LogP contribution in [-0.4, -0.2) is 59.8 Å². The highest BCUT2D eigenvalue weighted by atomic mass is 32.2. The van der Waals surface area contributed by atoms with E-state index >= 15 is 0 Å². The third-order valence-corrected chi connectivity index (χ3v) is 5.88. The number of hydroxylamine groups is 1. The van der Waals surface area contributed by atoms with Crippen LogP contribution >= 0.6 is 0 Å². The molecule has 0 radical (unpaired) electrons. The molecule has 0 atom stereocenters. The van der Waals surface area contributed by atoms with Crippen LogP contribution in [-0.2, 0) is 19.6 Å². The zero-order valence-electron chi connectivity index (χ0n) is 17.4. The quantitative estimate of drug-likeness (QED) is 0.435. The van der Waals surface area contributed by atoms with Gasteiger partial charge in [-0.25, -0.2) is 13.2 Å². The zero-order valence-corrected chi connectivity index (χ0v) is 18.2. The summed E-state index contributed by atoms with van der Waals surface area (Å²) in [4.78, 5) is 29.3. The number of alkyl halides is 2. The fourth-order valence-electron chi connectivity index (χ4n) is 2.51. The van der Waals surface area contributed by atoms with Gasteiger partial charge >= 0.3 is 12.6 Å². The number of nitrogens with zero attached hydrogens (tertiary/aromatic N) is 1. The molecule has 0 saturated heterocycles. The fraction of sp³-hybridized carbons (Fsp3) is 0.263. The highest BCUT2D eigenvalue weighted by Crippen LogP contribution is 2.35. The Morgan fingerprint density at radius 3 is 2.16 bits per heavy atom. The topological polar surface area (TPSA) is 120 Å². The third kappa shape index (κ3) is 5.49. The van der Waals surface area contributed by atoms with Crippen LogP contribution in [0.25, 0.3) is 0 Å². The van der Waals surface area contributed by atoms with E-state index in [1.807, 2.05) is 0 Å². The molecule has 2 aromatic carbocycles. The number of carbonyl (C=O) groups is 2. The molecule has 0 aliphatic heterocycles. The van der Waals surface area contributed by atoms with Crippen molar-refractivity contribution in [1.29, 1.82) is 0 Å². The molecule has 13 heteroatoms. The molecule has 0 fully saturated rings. The Hall–Kier alpha value is -3.29. The number of sulfonamides is 1. The Morgan fingerprint density at radius 1 is 1.03 bits per heavy atom. The summed E-state index contributed by atoms with van der Waals surface area (Å²) in [6.45, 7) is -3.18. The fourth-order valence-corrected chi connectivity index (χ4v) is 3.48. The first kappa shape index (κ1) is 25.0. The summed E-state index contributed by atoms with van der Waals surface area (Å²) in [5.74, 6) is -2.23. The molecule has 0 bridgehead atoms. The van der Waals surface area contributed by atoms with Crippen LogP contribution in [0, 0.1) is 0 Å². The molecule has 32 heavy (non-hydrogen) atoms. The van der Waals surface area contributed by atoms with Gasteiger partial charge in [-0.05, 0) is 24.3 Å². The number of esters is 1. The van der Waals surface area contributed by atoms with Gasteiger partial charge in [-0.3, -0.25) is 9.63 Å². The largest absolute Gasteiger partial charge is 0.493 e. The van der Waals surface area contributed by atoms with Crippen molar-refractivity contribution in [3.05, 3.63) is 47.5 Å². The molecule has 0 aliphatic rings. The molecular weight excluding hydrogens is 454 g/mol. The Balaban J connectivity index is 2.40. The number of amides is 1. The lowest BCUT2D eigenvalue weighted by Gasteiger charge is -2.16. The van der Waals surface area contributed by atoms with Crippen molar-refractivity contribution in [3.8, 4) is 11.5 Å². The number of methoxy groups -OCH3 is 2. The number of hydrogen-bond donors (Lipinski definition) is 1. The van der Waals surface area contributed by atoms with Crippen molar-refractivity contribution in [2.45, 2.75) is 11.5 Å². The highest BCUT2D eigenvalue weighted by Gasteiger charge is 2.23. The highest BCUT2D eigenvalue weighted by molar-refractivity contribution is 7.89. The van der Waals surface area contributed by atoms with Gasteiger partial charge in [0, 0.05) is 24.7 Å². The van der Waals surface area contributed by atoms with Gasteiger partial charge in [0.05, 0.1) is 37.5 Å². The van der Waals surface area contributed by atoms with Crippen molar-refractivity contribution in [3.63, 3.8) is 0 Å². The number of halogens is 2. The Kier molecular flexibility index (Phi) is 8.08. The first-order chi connectivity index (χ1) is 15.0.